The van der Waals surface area contributed by atoms with Crippen molar-refractivity contribution in [2.45, 2.75) is 30.3 Å². The number of nitrogens with two attached hydrogens (primary N) is 1. The van der Waals surface area contributed by atoms with Crippen molar-refractivity contribution in [1.82, 2.24) is 14.8 Å². The fourth-order valence-corrected chi connectivity index (χ4v) is 2.69. The zero-order valence-corrected chi connectivity index (χ0v) is 11.7. The van der Waals surface area contributed by atoms with E-state index in [2.05, 4.69) is 29.3 Å². The maximum Gasteiger partial charge on any atom is 0.191 e. The summed E-state index contributed by atoms with van der Waals surface area (Å²) in [4.78, 5) is 0. The molecule has 2 aromatic rings. The number of benzene rings is 1. The summed E-state index contributed by atoms with van der Waals surface area (Å²) in [6, 6.07) is 10.1. The molecule has 1 aromatic carbocycles. The molecule has 0 saturated heterocycles. The SMILES string of the molecule is Cc1nnc(SC(C)C(N)c2ccccc2)n1C. The van der Waals surface area contributed by atoms with Crippen molar-refractivity contribution in [1.29, 1.82) is 0 Å². The summed E-state index contributed by atoms with van der Waals surface area (Å²) < 4.78 is 1.98. The van der Waals surface area contributed by atoms with Gasteiger partial charge in [-0.05, 0) is 12.5 Å². The van der Waals surface area contributed by atoms with Gasteiger partial charge in [0.2, 0.25) is 0 Å². The summed E-state index contributed by atoms with van der Waals surface area (Å²) in [7, 11) is 1.97. The molecule has 0 fully saturated rings. The molecule has 1 aromatic heterocycles. The standard InChI is InChI=1S/C13H18N4S/c1-9(12(14)11-7-5-4-6-8-11)18-13-16-15-10(2)17(13)3/h4-9,12H,14H2,1-3H3. The van der Waals surface area contributed by atoms with E-state index < -0.39 is 0 Å². The Balaban J connectivity index is 2.08. The van der Waals surface area contributed by atoms with E-state index in [1.807, 2.05) is 36.7 Å². The second-order valence-electron chi connectivity index (χ2n) is 4.35. The Morgan fingerprint density at radius 1 is 1.22 bits per heavy atom. The van der Waals surface area contributed by atoms with Gasteiger partial charge in [-0.15, -0.1) is 10.2 Å². The van der Waals surface area contributed by atoms with E-state index >= 15 is 0 Å². The minimum atomic E-state index is -0.00629. The lowest BCUT2D eigenvalue weighted by Crippen LogP contribution is -2.21. The van der Waals surface area contributed by atoms with Crippen LogP contribution < -0.4 is 5.73 Å². The third kappa shape index (κ3) is 2.73. The molecule has 0 amide bonds. The van der Waals surface area contributed by atoms with Crippen LogP contribution in [-0.2, 0) is 7.05 Å². The molecule has 96 valence electrons. The highest BCUT2D eigenvalue weighted by Gasteiger charge is 2.18. The third-order valence-corrected chi connectivity index (χ3v) is 4.27. The molecule has 2 N–H and O–H groups in total. The van der Waals surface area contributed by atoms with Crippen molar-refractivity contribution in [3.63, 3.8) is 0 Å². The fraction of sp³-hybridized carbons (Fsp3) is 0.385. The summed E-state index contributed by atoms with van der Waals surface area (Å²) in [5, 5.41) is 9.36. The molecule has 4 nitrogen and oxygen atoms in total. The van der Waals surface area contributed by atoms with Gasteiger partial charge in [0.05, 0.1) is 0 Å². The first-order valence-electron chi connectivity index (χ1n) is 5.92. The van der Waals surface area contributed by atoms with Crippen LogP contribution in [0.3, 0.4) is 0 Å². The van der Waals surface area contributed by atoms with Crippen LogP contribution in [0.2, 0.25) is 0 Å². The molecular weight excluding hydrogens is 244 g/mol. The van der Waals surface area contributed by atoms with Crippen LogP contribution in [0.1, 0.15) is 24.4 Å². The smallest absolute Gasteiger partial charge is 0.191 e. The van der Waals surface area contributed by atoms with Crippen LogP contribution in [0.4, 0.5) is 0 Å². The highest BCUT2D eigenvalue weighted by atomic mass is 32.2. The van der Waals surface area contributed by atoms with E-state index in [9.17, 15) is 0 Å². The van der Waals surface area contributed by atoms with E-state index in [0.717, 1.165) is 16.5 Å². The second kappa shape index (κ2) is 5.54. The van der Waals surface area contributed by atoms with Crippen LogP contribution >= 0.6 is 11.8 Å². The van der Waals surface area contributed by atoms with E-state index in [1.54, 1.807) is 11.8 Å². The van der Waals surface area contributed by atoms with Gasteiger partial charge in [-0.3, -0.25) is 0 Å². The van der Waals surface area contributed by atoms with Gasteiger partial charge in [0.25, 0.3) is 0 Å². The van der Waals surface area contributed by atoms with Gasteiger partial charge in [-0.25, -0.2) is 0 Å². The molecule has 0 saturated carbocycles. The van der Waals surface area contributed by atoms with Crippen LogP contribution in [0.25, 0.3) is 0 Å². The monoisotopic (exact) mass is 262 g/mol. The minimum Gasteiger partial charge on any atom is -0.323 e. The molecule has 2 atom stereocenters. The van der Waals surface area contributed by atoms with Gasteiger partial charge >= 0.3 is 0 Å². The Morgan fingerprint density at radius 2 is 1.89 bits per heavy atom. The van der Waals surface area contributed by atoms with Crippen LogP contribution in [0.5, 0.6) is 0 Å². The molecule has 0 aliphatic carbocycles. The number of aromatic nitrogens is 3. The number of aryl methyl sites for hydroxylation is 1. The van der Waals surface area contributed by atoms with E-state index in [0.29, 0.717) is 0 Å². The first-order chi connectivity index (χ1) is 8.59. The zero-order valence-electron chi connectivity index (χ0n) is 10.9. The Morgan fingerprint density at radius 3 is 2.44 bits per heavy atom. The second-order valence-corrected chi connectivity index (χ2v) is 5.69. The van der Waals surface area contributed by atoms with E-state index in [1.165, 1.54) is 0 Å². The molecular formula is C13H18N4S. The van der Waals surface area contributed by atoms with Crippen molar-refractivity contribution in [2.24, 2.45) is 12.8 Å². The molecule has 0 radical (unpaired) electrons. The van der Waals surface area contributed by atoms with E-state index in [-0.39, 0.29) is 11.3 Å². The Bertz CT molecular complexity index is 509. The number of thioether (sulfide) groups is 1. The third-order valence-electron chi connectivity index (χ3n) is 3.03. The summed E-state index contributed by atoms with van der Waals surface area (Å²) in [6.07, 6.45) is 0. The van der Waals surface area contributed by atoms with E-state index in [4.69, 9.17) is 5.73 Å². The minimum absolute atomic E-state index is 0.00629. The number of hydrogen-bond acceptors (Lipinski definition) is 4. The normalized spacial score (nSPS) is 14.4. The van der Waals surface area contributed by atoms with Crippen molar-refractivity contribution in [3.05, 3.63) is 41.7 Å². The predicted molar refractivity (Wildman–Crippen MR) is 74.4 cm³/mol. The van der Waals surface area contributed by atoms with Gasteiger partial charge in [-0.1, -0.05) is 49.0 Å². The summed E-state index contributed by atoms with van der Waals surface area (Å²) in [5.41, 5.74) is 7.41. The van der Waals surface area contributed by atoms with Gasteiger partial charge in [-0.2, -0.15) is 0 Å². The summed E-state index contributed by atoms with van der Waals surface area (Å²) in [6.45, 7) is 4.06. The van der Waals surface area contributed by atoms with Gasteiger partial charge in [0, 0.05) is 18.3 Å². The quantitative estimate of drug-likeness (QED) is 0.859. The topological polar surface area (TPSA) is 56.7 Å². The first kappa shape index (κ1) is 13.1. The predicted octanol–water partition coefficient (Wildman–Crippen LogP) is 2.30. The summed E-state index contributed by atoms with van der Waals surface area (Å²) >= 11 is 1.66. The van der Waals surface area contributed by atoms with Crippen molar-refractivity contribution in [2.75, 3.05) is 0 Å². The Labute approximate surface area is 112 Å². The first-order valence-corrected chi connectivity index (χ1v) is 6.80. The fourth-order valence-electron chi connectivity index (χ4n) is 1.68. The average molecular weight is 262 g/mol. The highest BCUT2D eigenvalue weighted by Crippen LogP contribution is 2.29. The van der Waals surface area contributed by atoms with Crippen molar-refractivity contribution < 1.29 is 0 Å². The molecule has 0 spiro atoms. The number of hydrogen-bond donors (Lipinski definition) is 1. The lowest BCUT2D eigenvalue weighted by Gasteiger charge is -2.19. The Hall–Kier alpha value is -1.33. The maximum atomic E-state index is 6.26. The van der Waals surface area contributed by atoms with Crippen LogP contribution in [0.15, 0.2) is 35.5 Å². The zero-order chi connectivity index (χ0) is 13.1. The Kier molecular flexibility index (Phi) is 4.04. The molecule has 0 bridgehead atoms. The average Bonchev–Trinajstić information content (AvgIpc) is 2.71. The molecule has 5 heteroatoms. The van der Waals surface area contributed by atoms with Crippen LogP contribution in [0, 0.1) is 6.92 Å². The molecule has 2 rings (SSSR count). The highest BCUT2D eigenvalue weighted by molar-refractivity contribution is 7.99. The van der Waals surface area contributed by atoms with Gasteiger partial charge < -0.3 is 10.3 Å². The van der Waals surface area contributed by atoms with Gasteiger partial charge in [0.15, 0.2) is 5.16 Å². The molecule has 0 aliphatic heterocycles. The molecule has 1 heterocycles. The van der Waals surface area contributed by atoms with Crippen molar-refractivity contribution in [3.8, 4) is 0 Å². The maximum absolute atomic E-state index is 6.26. The summed E-state index contributed by atoms with van der Waals surface area (Å²) in [5.74, 6) is 0.915. The van der Waals surface area contributed by atoms with Crippen LogP contribution in [-0.4, -0.2) is 20.0 Å². The molecule has 18 heavy (non-hydrogen) atoms. The molecule has 2 unspecified atom stereocenters. The molecule has 0 aliphatic rings. The number of rotatable bonds is 4. The number of nitrogens with zero attached hydrogens (tertiary/aromatic N) is 3. The van der Waals surface area contributed by atoms with Crippen molar-refractivity contribution >= 4 is 11.8 Å². The lowest BCUT2D eigenvalue weighted by molar-refractivity contribution is 0.702. The van der Waals surface area contributed by atoms with Gasteiger partial charge in [0.1, 0.15) is 5.82 Å². The lowest BCUT2D eigenvalue weighted by atomic mass is 10.1. The largest absolute Gasteiger partial charge is 0.323 e.